The number of aromatic nitrogens is 2. The van der Waals surface area contributed by atoms with E-state index in [1.165, 1.54) is 12.5 Å². The first-order valence-electron chi connectivity index (χ1n) is 7.92. The molecule has 0 radical (unpaired) electrons. The van der Waals surface area contributed by atoms with Gasteiger partial charge in [-0.3, -0.25) is 9.48 Å². The van der Waals surface area contributed by atoms with Crippen LogP contribution < -0.4 is 5.43 Å². The third-order valence-corrected chi connectivity index (χ3v) is 6.15. The van der Waals surface area contributed by atoms with Gasteiger partial charge in [-0.2, -0.15) is 10.2 Å². The van der Waals surface area contributed by atoms with E-state index in [0.29, 0.717) is 17.7 Å². The zero-order valence-electron chi connectivity index (χ0n) is 14.3. The summed E-state index contributed by atoms with van der Waals surface area (Å²) in [6.45, 7) is 5.40. The van der Waals surface area contributed by atoms with Gasteiger partial charge in [0.25, 0.3) is 5.91 Å². The molecular formula is C16H20N4O4S. The van der Waals surface area contributed by atoms with Crippen molar-refractivity contribution in [1.82, 2.24) is 15.2 Å². The Morgan fingerprint density at radius 1 is 1.44 bits per heavy atom. The summed E-state index contributed by atoms with van der Waals surface area (Å²) in [7, 11) is -2.98. The van der Waals surface area contributed by atoms with E-state index in [0.717, 1.165) is 17.0 Å². The fourth-order valence-corrected chi connectivity index (χ4v) is 4.71. The summed E-state index contributed by atoms with van der Waals surface area (Å²) in [6, 6.07) is 1.43. The maximum Gasteiger partial charge on any atom is 0.274 e. The average Bonchev–Trinajstić information content (AvgIpc) is 3.20. The van der Waals surface area contributed by atoms with Crippen LogP contribution in [0.3, 0.4) is 0 Å². The van der Waals surface area contributed by atoms with Crippen molar-refractivity contribution in [3.63, 3.8) is 0 Å². The van der Waals surface area contributed by atoms with Crippen LogP contribution in [-0.4, -0.2) is 41.8 Å². The van der Waals surface area contributed by atoms with Crippen molar-refractivity contribution in [2.45, 2.75) is 33.2 Å². The number of hydrogen-bond acceptors (Lipinski definition) is 6. The lowest BCUT2D eigenvalue weighted by Crippen LogP contribution is -2.18. The molecule has 1 fully saturated rings. The number of furan rings is 1. The van der Waals surface area contributed by atoms with Crippen LogP contribution in [0, 0.1) is 20.8 Å². The molecular weight excluding hydrogens is 344 g/mol. The lowest BCUT2D eigenvalue weighted by atomic mass is 10.2. The Labute approximate surface area is 145 Å². The van der Waals surface area contributed by atoms with Crippen LogP contribution in [0.2, 0.25) is 0 Å². The zero-order valence-corrected chi connectivity index (χ0v) is 15.1. The van der Waals surface area contributed by atoms with Gasteiger partial charge in [-0.25, -0.2) is 13.8 Å². The molecule has 3 rings (SSSR count). The molecule has 8 nitrogen and oxygen atoms in total. The predicted molar refractivity (Wildman–Crippen MR) is 92.5 cm³/mol. The molecule has 1 atom stereocenters. The van der Waals surface area contributed by atoms with Gasteiger partial charge in [0, 0.05) is 11.3 Å². The Morgan fingerprint density at radius 2 is 2.20 bits per heavy atom. The van der Waals surface area contributed by atoms with Crippen LogP contribution >= 0.6 is 0 Å². The molecule has 1 aliphatic heterocycles. The number of hydrogen-bond donors (Lipinski definition) is 1. The molecule has 134 valence electrons. The average molecular weight is 364 g/mol. The van der Waals surface area contributed by atoms with E-state index >= 15 is 0 Å². The standard InChI is InChI=1S/C16H20N4O4S/c1-10-15(8-17-18-16(21)14-4-6-24-12(14)3)11(2)20(19-10)13-5-7-25(22,23)9-13/h4,6,8,13H,5,7,9H2,1-3H3,(H,18,21)/b17-8-/t13-/m1/s1. The van der Waals surface area contributed by atoms with Gasteiger partial charge in [0.2, 0.25) is 0 Å². The Hall–Kier alpha value is -2.42. The molecule has 0 aliphatic carbocycles. The number of carbonyl (C=O) groups excluding carboxylic acids is 1. The predicted octanol–water partition coefficient (Wildman–Crippen LogP) is 1.52. The van der Waals surface area contributed by atoms with Crippen molar-refractivity contribution >= 4 is 22.0 Å². The summed E-state index contributed by atoms with van der Waals surface area (Å²) in [5.74, 6) is 0.476. The number of sulfone groups is 1. The van der Waals surface area contributed by atoms with Gasteiger partial charge in [0.05, 0.1) is 41.3 Å². The first-order valence-corrected chi connectivity index (χ1v) is 9.74. The Balaban J connectivity index is 1.75. The third-order valence-electron chi connectivity index (χ3n) is 4.40. The van der Waals surface area contributed by atoms with Crippen molar-refractivity contribution in [2.75, 3.05) is 11.5 Å². The molecule has 3 heterocycles. The Morgan fingerprint density at radius 3 is 2.80 bits per heavy atom. The molecule has 25 heavy (non-hydrogen) atoms. The van der Waals surface area contributed by atoms with Gasteiger partial charge in [-0.15, -0.1) is 0 Å². The second kappa shape index (κ2) is 6.47. The number of rotatable bonds is 4. The van der Waals surface area contributed by atoms with Crippen molar-refractivity contribution in [3.05, 3.63) is 40.6 Å². The van der Waals surface area contributed by atoms with Gasteiger partial charge < -0.3 is 4.42 Å². The van der Waals surface area contributed by atoms with Crippen LogP contribution in [0.4, 0.5) is 0 Å². The minimum Gasteiger partial charge on any atom is -0.469 e. The zero-order chi connectivity index (χ0) is 18.2. The lowest BCUT2D eigenvalue weighted by molar-refractivity contribution is 0.0953. The smallest absolute Gasteiger partial charge is 0.274 e. The lowest BCUT2D eigenvalue weighted by Gasteiger charge is -2.10. The minimum atomic E-state index is -2.98. The molecule has 2 aromatic heterocycles. The van der Waals surface area contributed by atoms with Gasteiger partial charge in [0.1, 0.15) is 5.76 Å². The molecule has 0 spiro atoms. The van der Waals surface area contributed by atoms with Crippen LogP contribution in [0.15, 0.2) is 21.8 Å². The Kier molecular flexibility index (Phi) is 4.51. The normalized spacial score (nSPS) is 19.6. The summed E-state index contributed by atoms with van der Waals surface area (Å²) >= 11 is 0. The molecule has 1 amide bonds. The van der Waals surface area contributed by atoms with E-state index < -0.39 is 9.84 Å². The Bertz CT molecular complexity index is 939. The number of hydrazone groups is 1. The monoisotopic (exact) mass is 364 g/mol. The van der Waals surface area contributed by atoms with Crippen LogP contribution in [0.1, 0.15) is 45.5 Å². The van der Waals surface area contributed by atoms with Crippen LogP contribution in [0.25, 0.3) is 0 Å². The SMILES string of the molecule is Cc1nn([C@@H]2CCS(=O)(=O)C2)c(C)c1/C=N\NC(=O)c1ccoc1C. The number of aryl methyl sites for hydroxylation is 2. The quantitative estimate of drug-likeness (QED) is 0.654. The summed E-state index contributed by atoms with van der Waals surface area (Å²) in [6.07, 6.45) is 3.55. The number of carbonyl (C=O) groups is 1. The maximum absolute atomic E-state index is 12.0. The summed E-state index contributed by atoms with van der Waals surface area (Å²) < 4.78 is 30.2. The maximum atomic E-state index is 12.0. The van der Waals surface area contributed by atoms with E-state index in [4.69, 9.17) is 4.42 Å². The van der Waals surface area contributed by atoms with E-state index in [1.54, 1.807) is 17.7 Å². The fourth-order valence-electron chi connectivity index (χ4n) is 3.02. The van der Waals surface area contributed by atoms with Gasteiger partial charge in [-0.05, 0) is 33.3 Å². The largest absolute Gasteiger partial charge is 0.469 e. The van der Waals surface area contributed by atoms with Gasteiger partial charge in [-0.1, -0.05) is 0 Å². The molecule has 0 aromatic carbocycles. The number of nitrogens with zero attached hydrogens (tertiary/aromatic N) is 3. The van der Waals surface area contributed by atoms with Gasteiger partial charge in [0.15, 0.2) is 9.84 Å². The molecule has 2 aromatic rings. The second-order valence-electron chi connectivity index (χ2n) is 6.18. The van der Waals surface area contributed by atoms with Crippen LogP contribution in [-0.2, 0) is 9.84 Å². The highest BCUT2D eigenvalue weighted by atomic mass is 32.2. The number of amides is 1. The first kappa shape index (κ1) is 17.4. The summed E-state index contributed by atoms with van der Waals surface area (Å²) in [5, 5.41) is 8.44. The fraction of sp³-hybridized carbons (Fsp3) is 0.438. The van der Waals surface area contributed by atoms with Crippen LogP contribution in [0.5, 0.6) is 0 Å². The molecule has 0 saturated carbocycles. The summed E-state index contributed by atoms with van der Waals surface area (Å²) in [4.78, 5) is 12.0. The van der Waals surface area contributed by atoms with Gasteiger partial charge >= 0.3 is 0 Å². The molecule has 1 N–H and O–H groups in total. The van der Waals surface area contributed by atoms with E-state index in [1.807, 2.05) is 13.8 Å². The topological polar surface area (TPSA) is 107 Å². The minimum absolute atomic E-state index is 0.113. The molecule has 1 aliphatic rings. The van der Waals surface area contributed by atoms with Crippen molar-refractivity contribution < 1.29 is 17.6 Å². The number of nitrogens with one attached hydrogen (secondary N) is 1. The third kappa shape index (κ3) is 3.51. The first-order chi connectivity index (χ1) is 11.8. The van der Waals surface area contributed by atoms with E-state index in [2.05, 4.69) is 15.6 Å². The molecule has 0 bridgehead atoms. The van der Waals surface area contributed by atoms with Crippen molar-refractivity contribution in [3.8, 4) is 0 Å². The van der Waals surface area contributed by atoms with E-state index in [9.17, 15) is 13.2 Å². The van der Waals surface area contributed by atoms with Crippen molar-refractivity contribution in [1.29, 1.82) is 0 Å². The highest BCUT2D eigenvalue weighted by Crippen LogP contribution is 2.26. The molecule has 0 unspecified atom stereocenters. The van der Waals surface area contributed by atoms with Crippen molar-refractivity contribution in [2.24, 2.45) is 5.10 Å². The molecule has 1 saturated heterocycles. The molecule has 9 heteroatoms. The second-order valence-corrected chi connectivity index (χ2v) is 8.40. The van der Waals surface area contributed by atoms with E-state index in [-0.39, 0.29) is 23.5 Å². The summed E-state index contributed by atoms with van der Waals surface area (Å²) in [5.41, 5.74) is 5.22. The highest BCUT2D eigenvalue weighted by Gasteiger charge is 2.31. The highest BCUT2D eigenvalue weighted by molar-refractivity contribution is 7.91.